The molecule has 306 valence electrons. The quantitative estimate of drug-likeness (QED) is 0.0330. The predicted molar refractivity (Wildman–Crippen MR) is 223 cm³/mol. The van der Waals surface area contributed by atoms with Crippen molar-refractivity contribution < 1.29 is 24.5 Å². The minimum atomic E-state index is -0.873. The smallest absolute Gasteiger partial charge is 0.305 e. The zero-order valence-electron chi connectivity index (χ0n) is 34.5. The Kier molecular flexibility index (Phi) is 40.7. The standard InChI is InChI=1S/C46H87NO5/c1-3-5-7-9-11-13-15-17-19-22-26-30-34-38-44(49)43(42-48)47-45(50)39-35-31-27-23-21-25-29-33-37-41-52-46(51)40-36-32-28-24-20-18-16-14-12-10-8-6-4-2/h23,27,34,38,43-44,48-49H,3-22,24-26,28-33,35-37,39-42H2,1-2H3,(H,47,50)/b27-23-,38-34+. The van der Waals surface area contributed by atoms with Gasteiger partial charge < -0.3 is 20.3 Å². The van der Waals surface area contributed by atoms with E-state index in [1.54, 1.807) is 6.08 Å². The maximum absolute atomic E-state index is 12.3. The molecular formula is C46H87NO5. The summed E-state index contributed by atoms with van der Waals surface area (Å²) < 4.78 is 5.42. The average molecular weight is 734 g/mol. The second kappa shape index (κ2) is 42.1. The average Bonchev–Trinajstić information content (AvgIpc) is 3.14. The summed E-state index contributed by atoms with van der Waals surface area (Å²) in [5, 5.41) is 22.9. The fourth-order valence-electron chi connectivity index (χ4n) is 6.69. The summed E-state index contributed by atoms with van der Waals surface area (Å²) in [6, 6.07) is -0.663. The third kappa shape index (κ3) is 38.1. The Balaban J connectivity index is 3.59. The van der Waals surface area contributed by atoms with Crippen molar-refractivity contribution in [2.24, 2.45) is 0 Å². The molecule has 0 aromatic carbocycles. The lowest BCUT2D eigenvalue weighted by Crippen LogP contribution is -2.45. The van der Waals surface area contributed by atoms with Crippen LogP contribution >= 0.6 is 0 Å². The first-order valence-electron chi connectivity index (χ1n) is 22.6. The monoisotopic (exact) mass is 734 g/mol. The first kappa shape index (κ1) is 50.3. The topological polar surface area (TPSA) is 95.9 Å². The summed E-state index contributed by atoms with van der Waals surface area (Å²) in [5.74, 6) is -0.167. The Morgan fingerprint density at radius 3 is 1.40 bits per heavy atom. The molecule has 6 nitrogen and oxygen atoms in total. The minimum absolute atomic E-state index is 0.0374. The summed E-state index contributed by atoms with van der Waals surface area (Å²) in [5.41, 5.74) is 0. The van der Waals surface area contributed by atoms with Crippen molar-refractivity contribution in [3.63, 3.8) is 0 Å². The van der Waals surface area contributed by atoms with Crippen molar-refractivity contribution in [2.45, 2.75) is 244 Å². The molecule has 0 saturated carbocycles. The van der Waals surface area contributed by atoms with Crippen LogP contribution in [-0.4, -0.2) is 47.4 Å². The van der Waals surface area contributed by atoms with Gasteiger partial charge in [0.2, 0.25) is 5.91 Å². The van der Waals surface area contributed by atoms with Gasteiger partial charge in [0.15, 0.2) is 0 Å². The van der Waals surface area contributed by atoms with Gasteiger partial charge in [-0.2, -0.15) is 0 Å². The van der Waals surface area contributed by atoms with E-state index in [1.165, 1.54) is 135 Å². The number of allylic oxidation sites excluding steroid dienone is 3. The highest BCUT2D eigenvalue weighted by molar-refractivity contribution is 5.76. The van der Waals surface area contributed by atoms with E-state index < -0.39 is 12.1 Å². The molecule has 52 heavy (non-hydrogen) atoms. The number of ether oxygens (including phenoxy) is 1. The molecule has 6 heteroatoms. The second-order valence-corrected chi connectivity index (χ2v) is 15.4. The zero-order chi connectivity index (χ0) is 38.0. The SMILES string of the molecule is CCCCCCCCCCCCC/C=C/C(O)C(CO)NC(=O)CCC/C=C\CCCCCCOC(=O)CCCCCCCCCCCCCCC. The van der Waals surface area contributed by atoms with Crippen molar-refractivity contribution in [3.05, 3.63) is 24.3 Å². The molecule has 0 heterocycles. The van der Waals surface area contributed by atoms with Crippen molar-refractivity contribution >= 4 is 11.9 Å². The van der Waals surface area contributed by atoms with E-state index in [-0.39, 0.29) is 18.5 Å². The fourth-order valence-corrected chi connectivity index (χ4v) is 6.69. The number of carbonyl (C=O) groups excluding carboxylic acids is 2. The summed E-state index contributed by atoms with van der Waals surface area (Å²) >= 11 is 0. The lowest BCUT2D eigenvalue weighted by atomic mass is 10.0. The molecule has 0 fully saturated rings. The van der Waals surface area contributed by atoms with Gasteiger partial charge in [-0.05, 0) is 51.4 Å². The molecule has 0 aromatic rings. The number of nitrogens with one attached hydrogen (secondary N) is 1. The van der Waals surface area contributed by atoms with E-state index in [0.717, 1.165) is 70.6 Å². The van der Waals surface area contributed by atoms with Gasteiger partial charge in [0, 0.05) is 12.8 Å². The van der Waals surface area contributed by atoms with Gasteiger partial charge in [0.1, 0.15) is 0 Å². The van der Waals surface area contributed by atoms with E-state index in [1.807, 2.05) is 6.08 Å². The normalized spacial score (nSPS) is 12.9. The highest BCUT2D eigenvalue weighted by atomic mass is 16.5. The number of hydrogen-bond acceptors (Lipinski definition) is 5. The van der Waals surface area contributed by atoms with Crippen LogP contribution < -0.4 is 5.32 Å². The van der Waals surface area contributed by atoms with Crippen LogP contribution in [0, 0.1) is 0 Å². The number of amides is 1. The van der Waals surface area contributed by atoms with Crippen LogP contribution in [0.3, 0.4) is 0 Å². The lowest BCUT2D eigenvalue weighted by Gasteiger charge is -2.19. The maximum Gasteiger partial charge on any atom is 0.305 e. The third-order valence-corrected chi connectivity index (χ3v) is 10.2. The molecule has 0 spiro atoms. The van der Waals surface area contributed by atoms with E-state index in [0.29, 0.717) is 19.4 Å². The number of hydrogen-bond donors (Lipinski definition) is 3. The van der Waals surface area contributed by atoms with Crippen LogP contribution in [0.5, 0.6) is 0 Å². The van der Waals surface area contributed by atoms with Gasteiger partial charge in [-0.15, -0.1) is 0 Å². The largest absolute Gasteiger partial charge is 0.466 e. The van der Waals surface area contributed by atoms with Crippen molar-refractivity contribution in [2.75, 3.05) is 13.2 Å². The molecule has 0 rings (SSSR count). The summed E-state index contributed by atoms with van der Waals surface area (Å²) in [6.07, 6.45) is 47.4. The minimum Gasteiger partial charge on any atom is -0.466 e. The predicted octanol–water partition coefficient (Wildman–Crippen LogP) is 12.8. The lowest BCUT2D eigenvalue weighted by molar-refractivity contribution is -0.143. The van der Waals surface area contributed by atoms with Gasteiger partial charge in [-0.25, -0.2) is 0 Å². The highest BCUT2D eigenvalue weighted by Crippen LogP contribution is 2.14. The summed E-state index contributed by atoms with van der Waals surface area (Å²) in [6.45, 7) is 4.79. The number of aliphatic hydroxyl groups excluding tert-OH is 2. The Morgan fingerprint density at radius 1 is 0.519 bits per heavy atom. The molecule has 2 unspecified atom stereocenters. The van der Waals surface area contributed by atoms with Crippen LogP contribution in [0.4, 0.5) is 0 Å². The fraction of sp³-hybridized carbons (Fsp3) is 0.870. The van der Waals surface area contributed by atoms with Crippen molar-refractivity contribution in [1.29, 1.82) is 0 Å². The van der Waals surface area contributed by atoms with Gasteiger partial charge in [-0.3, -0.25) is 9.59 Å². The number of rotatable bonds is 41. The van der Waals surface area contributed by atoms with Gasteiger partial charge in [0.25, 0.3) is 0 Å². The van der Waals surface area contributed by atoms with Crippen LogP contribution in [0.2, 0.25) is 0 Å². The number of unbranched alkanes of at least 4 members (excludes halogenated alkanes) is 28. The first-order valence-corrected chi connectivity index (χ1v) is 22.6. The van der Waals surface area contributed by atoms with Crippen LogP contribution in [-0.2, 0) is 14.3 Å². The Bertz CT molecular complexity index is 813. The molecule has 0 aliphatic rings. The maximum atomic E-state index is 12.3. The van der Waals surface area contributed by atoms with Crippen LogP contribution in [0.15, 0.2) is 24.3 Å². The Hall–Kier alpha value is -1.66. The molecule has 2 atom stereocenters. The molecule has 3 N–H and O–H groups in total. The highest BCUT2D eigenvalue weighted by Gasteiger charge is 2.17. The third-order valence-electron chi connectivity index (χ3n) is 10.2. The molecule has 0 bridgehead atoms. The van der Waals surface area contributed by atoms with E-state index >= 15 is 0 Å². The van der Waals surface area contributed by atoms with Gasteiger partial charge in [-0.1, -0.05) is 192 Å². The molecule has 0 saturated heterocycles. The number of carbonyl (C=O) groups is 2. The van der Waals surface area contributed by atoms with Crippen molar-refractivity contribution in [1.82, 2.24) is 5.32 Å². The number of aliphatic hydroxyl groups is 2. The zero-order valence-corrected chi connectivity index (χ0v) is 34.5. The van der Waals surface area contributed by atoms with Crippen LogP contribution in [0.1, 0.15) is 232 Å². The van der Waals surface area contributed by atoms with Gasteiger partial charge >= 0.3 is 5.97 Å². The summed E-state index contributed by atoms with van der Waals surface area (Å²) in [7, 11) is 0. The van der Waals surface area contributed by atoms with E-state index in [2.05, 4.69) is 31.3 Å². The molecule has 0 aromatic heterocycles. The van der Waals surface area contributed by atoms with Gasteiger partial charge in [0.05, 0.1) is 25.4 Å². The van der Waals surface area contributed by atoms with E-state index in [4.69, 9.17) is 4.74 Å². The van der Waals surface area contributed by atoms with E-state index in [9.17, 15) is 19.8 Å². The second-order valence-electron chi connectivity index (χ2n) is 15.4. The Labute approximate surface area is 322 Å². The van der Waals surface area contributed by atoms with Crippen molar-refractivity contribution in [3.8, 4) is 0 Å². The summed E-state index contributed by atoms with van der Waals surface area (Å²) in [4.78, 5) is 24.3. The molecular weight excluding hydrogens is 647 g/mol. The molecule has 0 radical (unpaired) electrons. The molecule has 1 amide bonds. The molecule has 0 aliphatic heterocycles. The number of esters is 1. The van der Waals surface area contributed by atoms with Crippen LogP contribution in [0.25, 0.3) is 0 Å². The first-order chi connectivity index (χ1) is 25.5. The molecule has 0 aliphatic carbocycles. The Morgan fingerprint density at radius 2 is 0.923 bits per heavy atom.